The minimum absolute atomic E-state index is 0.0292. The maximum Gasteiger partial charge on any atom is 0.338 e. The van der Waals surface area contributed by atoms with Crippen LogP contribution in [0.5, 0.6) is 0 Å². The summed E-state index contributed by atoms with van der Waals surface area (Å²) in [5.74, 6) is -1.36. The standard InChI is InChI=1S/C14H11N3O5/c1-22-14(19)10-5-9(6-12(7-10)17(20)21)13(18)16-11-3-2-4-15-8-11/h2-8H,1H3,(H,16,18). The number of methoxy groups -OCH3 is 1. The lowest BCUT2D eigenvalue weighted by Crippen LogP contribution is -2.14. The number of benzene rings is 1. The fraction of sp³-hybridized carbons (Fsp3) is 0.0714. The Hall–Kier alpha value is -3.29. The Morgan fingerprint density at radius 1 is 1.27 bits per heavy atom. The van der Waals surface area contributed by atoms with Gasteiger partial charge >= 0.3 is 5.97 Å². The number of amides is 1. The largest absolute Gasteiger partial charge is 0.465 e. The Labute approximate surface area is 124 Å². The summed E-state index contributed by atoms with van der Waals surface area (Å²) in [6.07, 6.45) is 2.97. The number of aromatic nitrogens is 1. The average Bonchev–Trinajstić information content (AvgIpc) is 2.54. The highest BCUT2D eigenvalue weighted by Crippen LogP contribution is 2.19. The number of nitrogens with one attached hydrogen (secondary N) is 1. The molecule has 1 N–H and O–H groups in total. The smallest absolute Gasteiger partial charge is 0.338 e. The zero-order valence-electron chi connectivity index (χ0n) is 11.5. The molecule has 112 valence electrons. The van der Waals surface area contributed by atoms with E-state index in [4.69, 9.17) is 0 Å². The van der Waals surface area contributed by atoms with Gasteiger partial charge in [0.25, 0.3) is 11.6 Å². The summed E-state index contributed by atoms with van der Waals surface area (Å²) in [7, 11) is 1.15. The second-order valence-corrected chi connectivity index (χ2v) is 4.21. The van der Waals surface area contributed by atoms with Gasteiger partial charge in [-0.1, -0.05) is 0 Å². The van der Waals surface area contributed by atoms with E-state index in [9.17, 15) is 19.7 Å². The van der Waals surface area contributed by atoms with E-state index >= 15 is 0 Å². The van der Waals surface area contributed by atoms with Crippen LogP contribution in [-0.2, 0) is 4.74 Å². The molecule has 0 aliphatic heterocycles. The Balaban J connectivity index is 2.36. The van der Waals surface area contributed by atoms with Gasteiger partial charge in [-0.25, -0.2) is 4.79 Å². The van der Waals surface area contributed by atoms with Gasteiger partial charge in [0.05, 0.1) is 29.5 Å². The molecule has 1 heterocycles. The van der Waals surface area contributed by atoms with Crippen molar-refractivity contribution in [2.45, 2.75) is 0 Å². The molecule has 1 aromatic heterocycles. The summed E-state index contributed by atoms with van der Waals surface area (Å²) < 4.78 is 4.52. The first kappa shape index (κ1) is 15.1. The number of anilines is 1. The molecule has 0 aliphatic carbocycles. The van der Waals surface area contributed by atoms with Gasteiger partial charge in [0.15, 0.2) is 0 Å². The Bertz CT molecular complexity index is 731. The van der Waals surface area contributed by atoms with Crippen molar-refractivity contribution in [1.29, 1.82) is 0 Å². The number of carbonyl (C=O) groups excluding carboxylic acids is 2. The lowest BCUT2D eigenvalue weighted by Gasteiger charge is -2.06. The number of carbonyl (C=O) groups is 2. The monoisotopic (exact) mass is 301 g/mol. The zero-order chi connectivity index (χ0) is 16.1. The Morgan fingerprint density at radius 2 is 2.00 bits per heavy atom. The highest BCUT2D eigenvalue weighted by Gasteiger charge is 2.18. The highest BCUT2D eigenvalue weighted by atomic mass is 16.6. The molecule has 0 spiro atoms. The van der Waals surface area contributed by atoms with E-state index in [0.717, 1.165) is 19.2 Å². The number of hydrogen-bond donors (Lipinski definition) is 1. The van der Waals surface area contributed by atoms with Crippen molar-refractivity contribution in [3.05, 3.63) is 64.0 Å². The fourth-order valence-electron chi connectivity index (χ4n) is 1.72. The van der Waals surface area contributed by atoms with Crippen LogP contribution in [0.15, 0.2) is 42.7 Å². The molecule has 2 rings (SSSR count). The first-order valence-electron chi connectivity index (χ1n) is 6.10. The molecule has 1 aromatic carbocycles. The molecule has 1 amide bonds. The zero-order valence-corrected chi connectivity index (χ0v) is 11.5. The summed E-state index contributed by atoms with van der Waals surface area (Å²) in [4.78, 5) is 37.7. The first-order chi connectivity index (χ1) is 10.5. The van der Waals surface area contributed by atoms with Crippen molar-refractivity contribution < 1.29 is 19.2 Å². The van der Waals surface area contributed by atoms with Crippen molar-refractivity contribution >= 4 is 23.3 Å². The number of ether oxygens (including phenoxy) is 1. The summed E-state index contributed by atoms with van der Waals surface area (Å²) >= 11 is 0. The van der Waals surface area contributed by atoms with E-state index in [1.54, 1.807) is 18.3 Å². The number of nitro groups is 1. The van der Waals surface area contributed by atoms with Crippen molar-refractivity contribution in [3.63, 3.8) is 0 Å². The minimum atomic E-state index is -0.765. The predicted molar refractivity (Wildman–Crippen MR) is 76.6 cm³/mol. The number of hydrogen-bond acceptors (Lipinski definition) is 6. The van der Waals surface area contributed by atoms with Crippen molar-refractivity contribution in [2.24, 2.45) is 0 Å². The second kappa shape index (κ2) is 6.44. The van der Waals surface area contributed by atoms with Gasteiger partial charge in [-0.2, -0.15) is 0 Å². The van der Waals surface area contributed by atoms with Gasteiger partial charge in [0.2, 0.25) is 0 Å². The van der Waals surface area contributed by atoms with Gasteiger partial charge in [-0.05, 0) is 18.2 Å². The van der Waals surface area contributed by atoms with Crippen LogP contribution in [0, 0.1) is 10.1 Å². The van der Waals surface area contributed by atoms with Crippen LogP contribution in [0.3, 0.4) is 0 Å². The van der Waals surface area contributed by atoms with Crippen LogP contribution in [0.4, 0.5) is 11.4 Å². The van der Waals surface area contributed by atoms with Crippen LogP contribution in [-0.4, -0.2) is 28.9 Å². The average molecular weight is 301 g/mol. The van der Waals surface area contributed by atoms with E-state index in [1.165, 1.54) is 12.3 Å². The predicted octanol–water partition coefficient (Wildman–Crippen LogP) is 2.03. The summed E-state index contributed by atoms with van der Waals surface area (Å²) in [5.41, 5.74) is -0.0515. The highest BCUT2D eigenvalue weighted by molar-refractivity contribution is 6.06. The topological polar surface area (TPSA) is 111 Å². The van der Waals surface area contributed by atoms with E-state index in [0.29, 0.717) is 5.69 Å². The SMILES string of the molecule is COC(=O)c1cc(C(=O)Nc2cccnc2)cc([N+](=O)[O-])c1. The minimum Gasteiger partial charge on any atom is -0.465 e. The Morgan fingerprint density at radius 3 is 2.59 bits per heavy atom. The van der Waals surface area contributed by atoms with Gasteiger partial charge in [-0.15, -0.1) is 0 Å². The van der Waals surface area contributed by atoms with Crippen molar-refractivity contribution in [3.8, 4) is 0 Å². The maximum absolute atomic E-state index is 12.1. The van der Waals surface area contributed by atoms with Gasteiger partial charge in [-0.3, -0.25) is 19.9 Å². The van der Waals surface area contributed by atoms with E-state index in [-0.39, 0.29) is 16.8 Å². The van der Waals surface area contributed by atoms with Crippen LogP contribution >= 0.6 is 0 Å². The molecule has 0 bridgehead atoms. The molecule has 0 radical (unpaired) electrons. The van der Waals surface area contributed by atoms with E-state index in [2.05, 4.69) is 15.0 Å². The number of non-ortho nitro benzene ring substituents is 1. The molecule has 0 fully saturated rings. The van der Waals surface area contributed by atoms with Crippen LogP contribution in [0.1, 0.15) is 20.7 Å². The summed E-state index contributed by atoms with van der Waals surface area (Å²) in [6, 6.07) is 6.60. The van der Waals surface area contributed by atoms with Crippen LogP contribution in [0.2, 0.25) is 0 Å². The van der Waals surface area contributed by atoms with Gasteiger partial charge in [0.1, 0.15) is 0 Å². The molecule has 8 nitrogen and oxygen atoms in total. The molecule has 0 saturated heterocycles. The third kappa shape index (κ3) is 3.42. The molecule has 0 aliphatic rings. The number of esters is 1. The Kier molecular flexibility index (Phi) is 4.42. The lowest BCUT2D eigenvalue weighted by molar-refractivity contribution is -0.384. The fourth-order valence-corrected chi connectivity index (χ4v) is 1.72. The third-order valence-corrected chi connectivity index (χ3v) is 2.73. The molecule has 0 unspecified atom stereocenters. The normalized spacial score (nSPS) is 9.86. The number of pyridine rings is 1. The number of nitrogens with zero attached hydrogens (tertiary/aromatic N) is 2. The summed E-state index contributed by atoms with van der Waals surface area (Å²) in [5, 5.41) is 13.4. The van der Waals surface area contributed by atoms with Gasteiger partial charge in [0, 0.05) is 23.9 Å². The van der Waals surface area contributed by atoms with Crippen molar-refractivity contribution in [2.75, 3.05) is 12.4 Å². The van der Waals surface area contributed by atoms with Crippen LogP contribution in [0.25, 0.3) is 0 Å². The van der Waals surface area contributed by atoms with E-state index in [1.807, 2.05) is 0 Å². The first-order valence-corrected chi connectivity index (χ1v) is 6.10. The molecule has 0 atom stereocenters. The molecule has 0 saturated carbocycles. The quantitative estimate of drug-likeness (QED) is 0.525. The third-order valence-electron chi connectivity index (χ3n) is 2.73. The lowest BCUT2D eigenvalue weighted by atomic mass is 10.1. The maximum atomic E-state index is 12.1. The molecule has 22 heavy (non-hydrogen) atoms. The summed E-state index contributed by atoms with van der Waals surface area (Å²) in [6.45, 7) is 0. The van der Waals surface area contributed by atoms with E-state index < -0.39 is 16.8 Å². The van der Waals surface area contributed by atoms with Crippen molar-refractivity contribution in [1.82, 2.24) is 4.98 Å². The molecule has 8 heteroatoms. The van der Waals surface area contributed by atoms with Crippen LogP contribution < -0.4 is 5.32 Å². The number of rotatable bonds is 4. The molecule has 2 aromatic rings. The second-order valence-electron chi connectivity index (χ2n) is 4.21. The molecular formula is C14H11N3O5. The van der Waals surface area contributed by atoms with Gasteiger partial charge < -0.3 is 10.1 Å². The number of nitro benzene ring substituents is 1. The molecular weight excluding hydrogens is 290 g/mol.